The van der Waals surface area contributed by atoms with Crippen molar-refractivity contribution in [1.82, 2.24) is 5.32 Å². The number of halogens is 1. The molecule has 0 heterocycles. The smallest absolute Gasteiger partial charge is 0.326 e. The van der Waals surface area contributed by atoms with Crippen LogP contribution < -0.4 is 5.32 Å². The van der Waals surface area contributed by atoms with Gasteiger partial charge in [0, 0.05) is 5.56 Å². The van der Waals surface area contributed by atoms with Gasteiger partial charge in [-0.3, -0.25) is 9.59 Å². The predicted molar refractivity (Wildman–Crippen MR) is 72.0 cm³/mol. The topological polar surface area (TPSA) is 124 Å². The van der Waals surface area contributed by atoms with Crippen molar-refractivity contribution in [2.45, 2.75) is 12.5 Å². The van der Waals surface area contributed by atoms with Crippen LogP contribution in [-0.2, 0) is 9.59 Å². The molecule has 1 aromatic rings. The average Bonchev–Trinajstić information content (AvgIpc) is 2.31. The molecule has 0 radical (unpaired) electrons. The van der Waals surface area contributed by atoms with Gasteiger partial charge >= 0.3 is 11.9 Å². The van der Waals surface area contributed by atoms with Gasteiger partial charge in [0.25, 0.3) is 5.91 Å². The largest absolute Gasteiger partial charge is 0.507 e. The van der Waals surface area contributed by atoms with Crippen LogP contribution in [0.3, 0.4) is 0 Å². The fourth-order valence-electron chi connectivity index (χ4n) is 1.27. The van der Waals surface area contributed by atoms with Gasteiger partial charge in [0.1, 0.15) is 11.8 Å². The highest BCUT2D eigenvalue weighted by atomic mass is 127. The molecule has 0 unspecified atom stereocenters. The summed E-state index contributed by atoms with van der Waals surface area (Å²) in [6.45, 7) is 0. The van der Waals surface area contributed by atoms with Gasteiger partial charge in [-0.25, -0.2) is 4.79 Å². The van der Waals surface area contributed by atoms with E-state index < -0.39 is 30.3 Å². The van der Waals surface area contributed by atoms with Crippen LogP contribution >= 0.6 is 22.6 Å². The number of amides is 1. The normalized spacial score (nSPS) is 11.6. The minimum Gasteiger partial charge on any atom is -0.507 e. The molecule has 1 amide bonds. The highest BCUT2D eigenvalue weighted by Crippen LogP contribution is 2.20. The maximum Gasteiger partial charge on any atom is 0.326 e. The van der Waals surface area contributed by atoms with Gasteiger partial charge in [0.2, 0.25) is 0 Å². The first-order chi connectivity index (χ1) is 8.81. The summed E-state index contributed by atoms with van der Waals surface area (Å²) in [7, 11) is 0. The van der Waals surface area contributed by atoms with Crippen molar-refractivity contribution in [3.63, 3.8) is 0 Å². The third kappa shape index (κ3) is 4.39. The molecule has 0 spiro atoms. The molecule has 0 saturated heterocycles. The lowest BCUT2D eigenvalue weighted by molar-refractivity contribution is -0.145. The van der Waals surface area contributed by atoms with Crippen molar-refractivity contribution >= 4 is 40.4 Å². The molecule has 0 fully saturated rings. The summed E-state index contributed by atoms with van der Waals surface area (Å²) in [4.78, 5) is 33.0. The van der Waals surface area contributed by atoms with Crippen molar-refractivity contribution in [2.75, 3.05) is 0 Å². The summed E-state index contributed by atoms with van der Waals surface area (Å²) in [6, 6.07) is 2.54. The maximum absolute atomic E-state index is 11.7. The summed E-state index contributed by atoms with van der Waals surface area (Å²) in [5.74, 6) is -3.65. The van der Waals surface area contributed by atoms with Gasteiger partial charge in [-0.05, 0) is 40.8 Å². The fourth-order valence-corrected chi connectivity index (χ4v) is 1.61. The number of carboxylic acids is 2. The zero-order chi connectivity index (χ0) is 14.6. The van der Waals surface area contributed by atoms with Crippen LogP contribution in [0.2, 0.25) is 0 Å². The number of rotatable bonds is 5. The number of hydrogen-bond donors (Lipinski definition) is 4. The lowest BCUT2D eigenvalue weighted by atomic mass is 10.1. The van der Waals surface area contributed by atoms with Crippen LogP contribution in [0.15, 0.2) is 18.2 Å². The predicted octanol–water partition coefficient (Wildman–Crippen LogP) is 0.654. The minimum atomic E-state index is -1.52. The molecule has 19 heavy (non-hydrogen) atoms. The number of aliphatic carboxylic acids is 2. The van der Waals surface area contributed by atoms with Gasteiger partial charge < -0.3 is 20.6 Å². The van der Waals surface area contributed by atoms with Crippen LogP contribution in [0.4, 0.5) is 0 Å². The summed E-state index contributed by atoms with van der Waals surface area (Å²) in [6.07, 6.45) is -0.725. The molecule has 0 aromatic heterocycles. The third-order valence-corrected chi connectivity index (χ3v) is 3.10. The standard InChI is InChI=1S/C11H10INO6/c12-6-2-1-5(3-8(6)14)10(17)13-7(11(18)19)4-9(15)16/h1-3,7,14H,4H2,(H,13,17)(H,15,16)(H,18,19)/t7-/m1/s1. The molecule has 0 saturated carbocycles. The number of carbonyl (C=O) groups excluding carboxylic acids is 1. The van der Waals surface area contributed by atoms with Gasteiger partial charge in [-0.2, -0.15) is 0 Å². The third-order valence-electron chi connectivity index (χ3n) is 2.19. The number of carboxylic acid groups (broad SMARTS) is 2. The molecule has 0 bridgehead atoms. The molecule has 102 valence electrons. The van der Waals surface area contributed by atoms with E-state index in [4.69, 9.17) is 10.2 Å². The zero-order valence-electron chi connectivity index (χ0n) is 9.46. The Hall–Kier alpha value is -1.84. The van der Waals surface area contributed by atoms with Crippen molar-refractivity contribution in [1.29, 1.82) is 0 Å². The van der Waals surface area contributed by atoms with Gasteiger partial charge in [-0.15, -0.1) is 0 Å². The van der Waals surface area contributed by atoms with E-state index in [2.05, 4.69) is 5.32 Å². The van der Waals surface area contributed by atoms with Gasteiger partial charge in [0.15, 0.2) is 0 Å². The highest BCUT2D eigenvalue weighted by molar-refractivity contribution is 14.1. The van der Waals surface area contributed by atoms with Crippen molar-refractivity contribution in [2.24, 2.45) is 0 Å². The Bertz CT molecular complexity index is 530. The Labute approximate surface area is 121 Å². The molecule has 0 aliphatic heterocycles. The number of hydrogen-bond acceptors (Lipinski definition) is 4. The molecule has 0 aliphatic rings. The monoisotopic (exact) mass is 379 g/mol. The van der Waals surface area contributed by atoms with Crippen molar-refractivity contribution in [3.8, 4) is 5.75 Å². The first kappa shape index (κ1) is 15.2. The maximum atomic E-state index is 11.7. The Kier molecular flexibility index (Phi) is 5.10. The molecule has 4 N–H and O–H groups in total. The molecule has 0 aliphatic carbocycles. The van der Waals surface area contributed by atoms with Gasteiger partial charge in [0.05, 0.1) is 9.99 Å². The number of aromatic hydroxyl groups is 1. The summed E-state index contributed by atoms with van der Waals surface area (Å²) < 4.78 is 0.537. The molecular formula is C11H10INO6. The van der Waals surface area contributed by atoms with E-state index in [1.165, 1.54) is 18.2 Å². The SMILES string of the molecule is O=C(O)C[C@@H](NC(=O)c1ccc(I)c(O)c1)C(=O)O. The Morgan fingerprint density at radius 1 is 1.26 bits per heavy atom. The summed E-state index contributed by atoms with van der Waals surface area (Å²) in [5, 5.41) is 28.8. The molecule has 7 nitrogen and oxygen atoms in total. The van der Waals surface area contributed by atoms with E-state index in [0.717, 1.165) is 0 Å². The number of phenols is 1. The lowest BCUT2D eigenvalue weighted by Gasteiger charge is -2.12. The molecule has 1 atom stereocenters. The van der Waals surface area contributed by atoms with Gasteiger partial charge in [-0.1, -0.05) is 0 Å². The van der Waals surface area contributed by atoms with E-state index in [1.807, 2.05) is 22.6 Å². The second-order valence-electron chi connectivity index (χ2n) is 3.63. The van der Waals surface area contributed by atoms with E-state index in [9.17, 15) is 19.5 Å². The lowest BCUT2D eigenvalue weighted by Crippen LogP contribution is -2.42. The molecular weight excluding hydrogens is 369 g/mol. The van der Waals surface area contributed by atoms with E-state index in [0.29, 0.717) is 3.57 Å². The second kappa shape index (κ2) is 6.36. The van der Waals surface area contributed by atoms with Crippen LogP contribution in [0.25, 0.3) is 0 Å². The quantitative estimate of drug-likeness (QED) is 0.557. The Morgan fingerprint density at radius 2 is 1.89 bits per heavy atom. The Balaban J connectivity index is 2.84. The van der Waals surface area contributed by atoms with Crippen LogP contribution in [0, 0.1) is 3.57 Å². The van der Waals surface area contributed by atoms with Crippen LogP contribution in [0.1, 0.15) is 16.8 Å². The number of nitrogens with one attached hydrogen (secondary N) is 1. The number of carbonyl (C=O) groups is 3. The van der Waals surface area contributed by atoms with Crippen LogP contribution in [-0.4, -0.2) is 39.2 Å². The number of benzene rings is 1. The van der Waals surface area contributed by atoms with Crippen molar-refractivity contribution in [3.05, 3.63) is 27.3 Å². The molecule has 8 heteroatoms. The van der Waals surface area contributed by atoms with E-state index >= 15 is 0 Å². The van der Waals surface area contributed by atoms with E-state index in [1.54, 1.807) is 0 Å². The van der Waals surface area contributed by atoms with E-state index in [-0.39, 0.29) is 11.3 Å². The Morgan fingerprint density at radius 3 is 2.37 bits per heavy atom. The summed E-state index contributed by atoms with van der Waals surface area (Å²) in [5.41, 5.74) is 0.0505. The zero-order valence-corrected chi connectivity index (χ0v) is 11.6. The number of phenolic OH excluding ortho intramolecular Hbond substituents is 1. The van der Waals surface area contributed by atoms with Crippen LogP contribution in [0.5, 0.6) is 5.75 Å². The fraction of sp³-hybridized carbons (Fsp3) is 0.182. The highest BCUT2D eigenvalue weighted by Gasteiger charge is 2.23. The summed E-state index contributed by atoms with van der Waals surface area (Å²) >= 11 is 1.86. The molecule has 1 rings (SSSR count). The second-order valence-corrected chi connectivity index (χ2v) is 4.79. The minimum absolute atomic E-state index is 0.0505. The van der Waals surface area contributed by atoms with Crippen molar-refractivity contribution < 1.29 is 29.7 Å². The molecule has 1 aromatic carbocycles. The first-order valence-corrected chi connectivity index (χ1v) is 6.13. The average molecular weight is 379 g/mol. The first-order valence-electron chi connectivity index (χ1n) is 5.05.